The fourth-order valence-electron chi connectivity index (χ4n) is 9.34. The number of anilines is 3. The first-order valence-corrected chi connectivity index (χ1v) is 19.0. The molecular formula is C48H38BNOS. The summed E-state index contributed by atoms with van der Waals surface area (Å²) in [5.41, 5.74) is 21.3. The zero-order valence-electron chi connectivity index (χ0n) is 30.4. The molecule has 2 nitrogen and oxygen atoms in total. The minimum Gasteiger partial charge on any atom is -0.551 e. The minimum absolute atomic E-state index is 0.246. The topological polar surface area (TPSA) is 12.5 Å². The Balaban J connectivity index is 1.27. The fourth-order valence-corrected chi connectivity index (χ4v) is 10.6. The van der Waals surface area contributed by atoms with E-state index in [1.807, 2.05) is 11.3 Å². The van der Waals surface area contributed by atoms with Gasteiger partial charge in [-0.2, -0.15) is 0 Å². The van der Waals surface area contributed by atoms with Gasteiger partial charge in [-0.15, -0.1) is 11.3 Å². The van der Waals surface area contributed by atoms with Crippen LogP contribution in [0.4, 0.5) is 17.1 Å². The second kappa shape index (κ2) is 11.5. The van der Waals surface area contributed by atoms with E-state index in [1.54, 1.807) is 0 Å². The molecule has 0 saturated carbocycles. The molecule has 0 spiro atoms. The van der Waals surface area contributed by atoms with Gasteiger partial charge in [0, 0.05) is 53.8 Å². The van der Waals surface area contributed by atoms with Gasteiger partial charge in [0.2, 0.25) is 0 Å². The van der Waals surface area contributed by atoms with Crippen LogP contribution in [0.25, 0.3) is 53.6 Å². The average molecular weight is 688 g/mol. The van der Waals surface area contributed by atoms with Gasteiger partial charge < -0.3 is 9.55 Å². The monoisotopic (exact) mass is 687 g/mol. The fraction of sp³-hybridized carbons (Fsp3) is 0.125. The zero-order valence-corrected chi connectivity index (χ0v) is 31.2. The van der Waals surface area contributed by atoms with Crippen molar-refractivity contribution >= 4 is 66.4 Å². The van der Waals surface area contributed by atoms with Crippen LogP contribution in [0.3, 0.4) is 0 Å². The molecule has 8 aromatic rings. The third kappa shape index (κ3) is 4.57. The highest BCUT2D eigenvalue weighted by molar-refractivity contribution is 7.26. The van der Waals surface area contributed by atoms with Crippen LogP contribution in [0.15, 0.2) is 121 Å². The number of benzene rings is 7. The predicted molar refractivity (Wildman–Crippen MR) is 224 cm³/mol. The minimum atomic E-state index is -0.246. The lowest BCUT2D eigenvalue weighted by molar-refractivity contribution is 0.590. The molecule has 0 N–H and O–H groups in total. The summed E-state index contributed by atoms with van der Waals surface area (Å²) in [6, 6.07) is 45.3. The summed E-state index contributed by atoms with van der Waals surface area (Å²) in [5, 5.41) is 2.59. The molecule has 4 heteroatoms. The number of aryl methyl sites for hydroxylation is 6. The first kappa shape index (κ1) is 31.2. The smallest absolute Gasteiger partial charge is 0.431 e. The van der Waals surface area contributed by atoms with E-state index in [0.29, 0.717) is 0 Å². The molecule has 7 aromatic carbocycles. The van der Waals surface area contributed by atoms with Gasteiger partial charge in [0.05, 0.1) is 0 Å². The number of fused-ring (bicyclic) bond motifs is 8. The molecule has 2 aliphatic rings. The standard InChI is InChI=1S/C48H38BNOS/c1-27-21-29(3)44(30(4)22-27)33-15-18-35(19-16-33)50-40-20-17-34(45-31(5)23-28(2)24-32(45)6)25-39(40)49-47-41(50)26-38-36-11-8-10-14-43(36)52-48(38)46(47)37-12-7-9-13-42(37)51-49/h7-26H,1-6H3. The molecule has 0 aliphatic carbocycles. The Labute approximate surface area is 310 Å². The molecule has 0 amide bonds. The lowest BCUT2D eigenvalue weighted by Gasteiger charge is -2.40. The second-order valence-electron chi connectivity index (χ2n) is 14.9. The Morgan fingerprint density at radius 1 is 0.538 bits per heavy atom. The van der Waals surface area contributed by atoms with E-state index in [9.17, 15) is 0 Å². The normalized spacial score (nSPS) is 12.9. The van der Waals surface area contributed by atoms with E-state index in [-0.39, 0.29) is 6.92 Å². The highest BCUT2D eigenvalue weighted by Gasteiger charge is 2.44. The lowest BCUT2D eigenvalue weighted by Crippen LogP contribution is -2.56. The summed E-state index contributed by atoms with van der Waals surface area (Å²) >= 11 is 1.90. The van der Waals surface area contributed by atoms with Crippen molar-refractivity contribution in [3.8, 4) is 39.1 Å². The molecule has 0 saturated heterocycles. The molecule has 0 radical (unpaired) electrons. The summed E-state index contributed by atoms with van der Waals surface area (Å²) < 4.78 is 9.77. The van der Waals surface area contributed by atoms with Crippen molar-refractivity contribution in [2.24, 2.45) is 0 Å². The Morgan fingerprint density at radius 2 is 1.15 bits per heavy atom. The van der Waals surface area contributed by atoms with Gasteiger partial charge in [-0.25, -0.2) is 0 Å². The van der Waals surface area contributed by atoms with Crippen LogP contribution in [0.2, 0.25) is 0 Å². The van der Waals surface area contributed by atoms with Crippen molar-refractivity contribution in [1.29, 1.82) is 0 Å². The summed E-state index contributed by atoms with van der Waals surface area (Å²) in [5.74, 6) is 0.941. The van der Waals surface area contributed by atoms with E-state index in [1.165, 1.54) is 98.0 Å². The Kier molecular flexibility index (Phi) is 6.88. The SMILES string of the molecule is Cc1cc(C)c(-c2ccc(N3c4ccc(-c5c(C)cc(C)cc5C)cc4B4Oc5ccccc5-c5c4c3cc3c5sc4ccccc43)cc2)c(C)c1. The molecule has 250 valence electrons. The highest BCUT2D eigenvalue weighted by Crippen LogP contribution is 2.50. The van der Waals surface area contributed by atoms with E-state index in [2.05, 4.69) is 168 Å². The van der Waals surface area contributed by atoms with Crippen LogP contribution in [0, 0.1) is 41.5 Å². The summed E-state index contributed by atoms with van der Waals surface area (Å²) in [6.45, 7) is 13.0. The van der Waals surface area contributed by atoms with Gasteiger partial charge in [-0.1, -0.05) is 96.1 Å². The zero-order chi connectivity index (χ0) is 35.4. The molecule has 1 aromatic heterocycles. The number of hydrogen-bond donors (Lipinski definition) is 0. The van der Waals surface area contributed by atoms with Crippen molar-refractivity contribution in [2.45, 2.75) is 41.5 Å². The number of rotatable bonds is 3. The summed E-state index contributed by atoms with van der Waals surface area (Å²) in [7, 11) is 0. The Hall–Kier alpha value is -5.58. The van der Waals surface area contributed by atoms with Crippen LogP contribution < -0.4 is 20.5 Å². The number of nitrogens with zero attached hydrogens (tertiary/aromatic N) is 1. The molecule has 52 heavy (non-hydrogen) atoms. The van der Waals surface area contributed by atoms with Crippen LogP contribution in [-0.4, -0.2) is 6.92 Å². The maximum absolute atomic E-state index is 7.13. The third-order valence-corrected chi connectivity index (χ3v) is 12.4. The molecule has 0 fully saturated rings. The van der Waals surface area contributed by atoms with Crippen molar-refractivity contribution < 1.29 is 4.65 Å². The largest absolute Gasteiger partial charge is 0.551 e. The first-order chi connectivity index (χ1) is 25.2. The van der Waals surface area contributed by atoms with E-state index in [4.69, 9.17) is 4.65 Å². The van der Waals surface area contributed by atoms with Gasteiger partial charge in [0.25, 0.3) is 0 Å². The first-order valence-electron chi connectivity index (χ1n) is 18.2. The molecule has 3 heterocycles. The molecule has 10 rings (SSSR count). The third-order valence-electron chi connectivity index (χ3n) is 11.2. The highest BCUT2D eigenvalue weighted by atomic mass is 32.1. The maximum atomic E-state index is 7.13. The van der Waals surface area contributed by atoms with E-state index < -0.39 is 0 Å². The lowest BCUT2D eigenvalue weighted by atomic mass is 9.49. The van der Waals surface area contributed by atoms with Crippen molar-refractivity contribution in [2.75, 3.05) is 4.90 Å². The Morgan fingerprint density at radius 3 is 1.87 bits per heavy atom. The van der Waals surface area contributed by atoms with Gasteiger partial charge in [0.15, 0.2) is 0 Å². The number of hydrogen-bond acceptors (Lipinski definition) is 3. The average Bonchev–Trinajstić information content (AvgIpc) is 3.50. The van der Waals surface area contributed by atoms with Crippen LogP contribution >= 0.6 is 11.3 Å². The Bertz CT molecular complexity index is 2750. The molecule has 2 aliphatic heterocycles. The summed E-state index contributed by atoms with van der Waals surface area (Å²) in [6.07, 6.45) is 0. The van der Waals surface area contributed by atoms with E-state index >= 15 is 0 Å². The van der Waals surface area contributed by atoms with Crippen molar-refractivity contribution in [1.82, 2.24) is 0 Å². The maximum Gasteiger partial charge on any atom is 0.431 e. The van der Waals surface area contributed by atoms with Gasteiger partial charge in [-0.05, 0) is 128 Å². The quantitative estimate of drug-likeness (QED) is 0.171. The van der Waals surface area contributed by atoms with Crippen molar-refractivity contribution in [3.63, 3.8) is 0 Å². The van der Waals surface area contributed by atoms with E-state index in [0.717, 1.165) is 22.7 Å². The molecular weight excluding hydrogens is 649 g/mol. The second-order valence-corrected chi connectivity index (χ2v) is 15.9. The van der Waals surface area contributed by atoms with Crippen molar-refractivity contribution in [3.05, 3.63) is 155 Å². The number of thiophene rings is 1. The van der Waals surface area contributed by atoms with Gasteiger partial charge in [0.1, 0.15) is 5.75 Å². The predicted octanol–water partition coefficient (Wildman–Crippen LogP) is 12.2. The molecule has 0 unspecified atom stereocenters. The van der Waals surface area contributed by atoms with Gasteiger partial charge in [-0.3, -0.25) is 0 Å². The van der Waals surface area contributed by atoms with Gasteiger partial charge >= 0.3 is 6.92 Å². The van der Waals surface area contributed by atoms with Crippen LogP contribution in [0.1, 0.15) is 33.4 Å². The van der Waals surface area contributed by atoms with Crippen LogP contribution in [-0.2, 0) is 0 Å². The molecule has 0 bridgehead atoms. The molecule has 0 atom stereocenters. The summed E-state index contributed by atoms with van der Waals surface area (Å²) in [4.78, 5) is 2.49. The number of para-hydroxylation sites is 1. The van der Waals surface area contributed by atoms with Crippen LogP contribution in [0.5, 0.6) is 5.75 Å².